The minimum absolute atomic E-state index is 0. The van der Waals surface area contributed by atoms with Crippen molar-refractivity contribution in [2.75, 3.05) is 0 Å². The summed E-state index contributed by atoms with van der Waals surface area (Å²) in [6.45, 7) is 4.36. The fourth-order valence-electron chi connectivity index (χ4n) is 8.49. The van der Waals surface area contributed by atoms with Gasteiger partial charge in [0.15, 0.2) is 0 Å². The largest absolute Gasteiger partial charge is 2.00 e. The van der Waals surface area contributed by atoms with Crippen molar-refractivity contribution in [1.29, 1.82) is 0 Å². The number of pyridine rings is 2. The zero-order valence-corrected chi connectivity index (χ0v) is 40.6. The molecule has 9 heteroatoms. The number of ether oxygens (including phenoxy) is 2. The van der Waals surface area contributed by atoms with Gasteiger partial charge in [0.1, 0.15) is 0 Å². The summed E-state index contributed by atoms with van der Waals surface area (Å²) in [5.74, 6) is 2.53. The van der Waals surface area contributed by atoms with Gasteiger partial charge in [-0.1, -0.05) is 108 Å². The predicted octanol–water partition coefficient (Wildman–Crippen LogP) is 14.1. The first-order chi connectivity index (χ1) is 32.0. The van der Waals surface area contributed by atoms with Crippen molar-refractivity contribution in [3.63, 3.8) is 0 Å². The van der Waals surface area contributed by atoms with Crippen LogP contribution in [-0.2, 0) is 42.1 Å². The maximum absolute atomic E-state index is 6.45. The first-order valence-electron chi connectivity index (χ1n) is 21.3. The molecular formula is C58H37N5O2Pt2. The Kier molecular flexibility index (Phi) is 13.2. The molecule has 0 atom stereocenters. The van der Waals surface area contributed by atoms with Crippen molar-refractivity contribution in [2.24, 2.45) is 0 Å². The molecule has 0 aliphatic heterocycles. The van der Waals surface area contributed by atoms with E-state index in [2.05, 4.69) is 103 Å². The summed E-state index contributed by atoms with van der Waals surface area (Å²) in [5.41, 5.74) is 13.6. The van der Waals surface area contributed by atoms with E-state index in [0.717, 1.165) is 77.8 Å². The minimum Gasteiger partial charge on any atom is -0.503 e. The second-order valence-electron chi connectivity index (χ2n) is 15.6. The average Bonchev–Trinajstić information content (AvgIpc) is 3.68. The third-order valence-corrected chi connectivity index (χ3v) is 11.5. The van der Waals surface area contributed by atoms with Gasteiger partial charge in [-0.25, -0.2) is 9.97 Å². The number of fused-ring (bicyclic) bond motifs is 3. The van der Waals surface area contributed by atoms with Crippen molar-refractivity contribution in [2.45, 2.75) is 13.8 Å². The molecule has 4 heterocycles. The Morgan fingerprint density at radius 3 is 1.31 bits per heavy atom. The second kappa shape index (κ2) is 19.7. The second-order valence-corrected chi connectivity index (χ2v) is 15.6. The maximum atomic E-state index is 6.45. The first kappa shape index (κ1) is 44.9. The van der Waals surface area contributed by atoms with Crippen LogP contribution in [0.15, 0.2) is 189 Å². The number of hydrogen-bond donors (Lipinski definition) is 0. The molecule has 0 saturated heterocycles. The summed E-state index contributed by atoms with van der Waals surface area (Å²) in [7, 11) is 0. The van der Waals surface area contributed by atoms with Crippen LogP contribution < -0.4 is 9.47 Å². The summed E-state index contributed by atoms with van der Waals surface area (Å²) >= 11 is 0. The summed E-state index contributed by atoms with van der Waals surface area (Å²) < 4.78 is 14.9. The van der Waals surface area contributed by atoms with E-state index >= 15 is 0 Å². The standard InChI is InChI=1S/C58H37N5O2.2Pt/c1-38-51(40-15-5-3-6-16-40)35-52(41-17-7-4-8-18-41)39(2)57(38)44-36-61-58(62-37-44)63-55-33-47(64-45-21-13-19-42(31-45)53-23-9-11-29-59-53)25-27-49(55)50-28-26-48(34-56(50)63)65-46-22-14-20-43(32-46)54-24-10-12-30-60-54;;/h3-30,35-37H,1-2H3;;/q-4;2*+2. The zero-order valence-electron chi connectivity index (χ0n) is 36.1. The van der Waals surface area contributed by atoms with Crippen LogP contribution >= 0.6 is 0 Å². The molecule has 0 aliphatic carbocycles. The van der Waals surface area contributed by atoms with Crippen molar-refractivity contribution >= 4 is 21.8 Å². The summed E-state index contributed by atoms with van der Waals surface area (Å²) in [6.07, 6.45) is 7.36. The van der Waals surface area contributed by atoms with E-state index in [0.29, 0.717) is 40.0 Å². The van der Waals surface area contributed by atoms with Gasteiger partial charge in [-0.15, -0.1) is 71.8 Å². The average molecular weight is 1230 g/mol. The molecule has 326 valence electrons. The molecule has 0 spiro atoms. The molecule has 11 aromatic rings. The van der Waals surface area contributed by atoms with E-state index in [4.69, 9.17) is 19.4 Å². The first-order valence-corrected chi connectivity index (χ1v) is 21.3. The van der Waals surface area contributed by atoms with E-state index in [1.165, 1.54) is 0 Å². The van der Waals surface area contributed by atoms with Crippen LogP contribution in [0.2, 0.25) is 0 Å². The van der Waals surface area contributed by atoms with Gasteiger partial charge < -0.3 is 24.0 Å². The van der Waals surface area contributed by atoms with Gasteiger partial charge in [0.05, 0.1) is 0 Å². The molecule has 0 amide bonds. The van der Waals surface area contributed by atoms with E-state index in [9.17, 15) is 0 Å². The van der Waals surface area contributed by atoms with Gasteiger partial charge in [0.25, 0.3) is 0 Å². The van der Waals surface area contributed by atoms with Gasteiger partial charge in [-0.05, 0) is 82.4 Å². The molecule has 4 aromatic heterocycles. The quantitative estimate of drug-likeness (QED) is 0.127. The molecule has 7 nitrogen and oxygen atoms in total. The summed E-state index contributed by atoms with van der Waals surface area (Å²) in [4.78, 5) is 19.2. The number of benzene rings is 7. The van der Waals surface area contributed by atoms with Crippen LogP contribution in [0.1, 0.15) is 11.1 Å². The maximum Gasteiger partial charge on any atom is 2.00 e. The molecule has 0 N–H and O–H groups in total. The van der Waals surface area contributed by atoms with E-state index in [-0.39, 0.29) is 42.1 Å². The Labute approximate surface area is 417 Å². The fourth-order valence-corrected chi connectivity index (χ4v) is 8.49. The predicted molar refractivity (Wildman–Crippen MR) is 257 cm³/mol. The van der Waals surface area contributed by atoms with Crippen LogP contribution in [0.4, 0.5) is 0 Å². The third-order valence-electron chi connectivity index (χ3n) is 11.5. The van der Waals surface area contributed by atoms with Gasteiger partial charge >= 0.3 is 42.1 Å². The monoisotopic (exact) mass is 1230 g/mol. The van der Waals surface area contributed by atoms with Crippen molar-refractivity contribution < 1.29 is 51.6 Å². The Balaban J connectivity index is 0.00000281. The van der Waals surface area contributed by atoms with E-state index < -0.39 is 0 Å². The summed E-state index contributed by atoms with van der Waals surface area (Å²) in [5, 5.41) is 1.85. The van der Waals surface area contributed by atoms with Crippen molar-refractivity contribution in [3.8, 4) is 84.8 Å². The topological polar surface area (TPSA) is 75.0 Å². The number of rotatable bonds is 10. The SMILES string of the molecule is Cc1c(-c2ccccc2)cc(-c2ccccc2)c(C)c1-c1cnc(-n2c3[c-]c(Oc4[c-]c(-c5ccccn5)ccc4)ccc3c3ccc(Oc4[c-]c(-c5ccccn5)ccc4)[c-]c32)nc1.[Pt+2].[Pt+2]. The molecule has 7 aromatic carbocycles. The van der Waals surface area contributed by atoms with E-state index in [1.807, 2.05) is 126 Å². The molecule has 0 unspecified atom stereocenters. The zero-order chi connectivity index (χ0) is 43.7. The fraction of sp³-hybridized carbons (Fsp3) is 0.0345. The molecular weight excluding hydrogens is 1190 g/mol. The summed E-state index contributed by atoms with van der Waals surface area (Å²) in [6, 6.07) is 68.2. The van der Waals surface area contributed by atoms with Crippen molar-refractivity contribution in [1.82, 2.24) is 24.5 Å². The Morgan fingerprint density at radius 1 is 0.418 bits per heavy atom. The van der Waals surface area contributed by atoms with Crippen LogP contribution in [0.3, 0.4) is 0 Å². The van der Waals surface area contributed by atoms with Crippen LogP contribution in [-0.4, -0.2) is 24.5 Å². The van der Waals surface area contributed by atoms with Gasteiger partial charge in [0.2, 0.25) is 5.95 Å². The normalized spacial score (nSPS) is 10.9. The Morgan fingerprint density at radius 2 is 0.866 bits per heavy atom. The minimum atomic E-state index is 0. The van der Waals surface area contributed by atoms with Crippen LogP contribution in [0.25, 0.3) is 83.6 Å². The van der Waals surface area contributed by atoms with Crippen molar-refractivity contribution in [3.05, 3.63) is 224 Å². The Bertz CT molecular complexity index is 3290. The smallest absolute Gasteiger partial charge is 0.503 e. The Hall–Kier alpha value is -7.30. The molecule has 0 fully saturated rings. The molecule has 11 rings (SSSR count). The van der Waals surface area contributed by atoms with E-state index in [1.54, 1.807) is 12.4 Å². The molecule has 67 heavy (non-hydrogen) atoms. The van der Waals surface area contributed by atoms with Crippen LogP contribution in [0.5, 0.6) is 23.0 Å². The molecule has 0 aliphatic rings. The molecule has 0 bridgehead atoms. The molecule has 0 radical (unpaired) electrons. The number of aromatic nitrogens is 5. The van der Waals surface area contributed by atoms with Gasteiger partial charge in [0, 0.05) is 53.3 Å². The van der Waals surface area contributed by atoms with Crippen LogP contribution in [0, 0.1) is 38.1 Å². The number of hydrogen-bond acceptors (Lipinski definition) is 6. The van der Waals surface area contributed by atoms with Gasteiger partial charge in [-0.2, -0.15) is 22.9 Å². The molecule has 0 saturated carbocycles. The number of nitrogens with zero attached hydrogens (tertiary/aromatic N) is 5. The third kappa shape index (κ3) is 9.01. The van der Waals surface area contributed by atoms with Gasteiger partial charge in [-0.3, -0.25) is 0 Å².